The van der Waals surface area contributed by atoms with Gasteiger partial charge in [0, 0.05) is 12.2 Å². The lowest BCUT2D eigenvalue weighted by molar-refractivity contribution is -0.143. The molecule has 0 spiro atoms. The topological polar surface area (TPSA) is 79.7 Å². The zero-order valence-corrected chi connectivity index (χ0v) is 13.7. The normalized spacial score (nSPS) is 12.0. The van der Waals surface area contributed by atoms with Crippen LogP contribution in [-0.2, 0) is 16.1 Å². The molecule has 0 bridgehead atoms. The first kappa shape index (κ1) is 17.0. The summed E-state index contributed by atoms with van der Waals surface area (Å²) in [7, 11) is 0. The lowest BCUT2D eigenvalue weighted by Crippen LogP contribution is -2.43. The van der Waals surface area contributed by atoms with Gasteiger partial charge < -0.3 is 9.84 Å². The maximum atomic E-state index is 12.4. The molecule has 0 fully saturated rings. The van der Waals surface area contributed by atoms with Gasteiger partial charge in [-0.1, -0.05) is 30.3 Å². The van der Waals surface area contributed by atoms with Crippen LogP contribution in [0.25, 0.3) is 0 Å². The van der Waals surface area contributed by atoms with E-state index in [4.69, 9.17) is 4.74 Å². The number of thiazole rings is 1. The summed E-state index contributed by atoms with van der Waals surface area (Å²) < 4.78 is 5.29. The van der Waals surface area contributed by atoms with E-state index in [1.54, 1.807) is 19.4 Å². The second-order valence-corrected chi connectivity index (χ2v) is 6.10. The molecule has 7 heteroatoms. The Morgan fingerprint density at radius 1 is 1.30 bits per heavy atom. The van der Waals surface area contributed by atoms with Crippen LogP contribution in [-0.4, -0.2) is 33.1 Å². The molecule has 1 amide bonds. The molecule has 6 nitrogen and oxygen atoms in total. The fraction of sp³-hybridized carbons (Fsp3) is 0.312. The van der Waals surface area contributed by atoms with Gasteiger partial charge in [-0.2, -0.15) is 0 Å². The molecule has 23 heavy (non-hydrogen) atoms. The number of carboxylic acid groups (broad SMARTS) is 1. The molecule has 0 radical (unpaired) electrons. The van der Waals surface area contributed by atoms with Gasteiger partial charge in [-0.05, 0) is 19.4 Å². The Hall–Kier alpha value is -2.41. The molecule has 0 aliphatic rings. The number of ether oxygens (including phenoxy) is 1. The van der Waals surface area contributed by atoms with E-state index in [9.17, 15) is 14.7 Å². The number of rotatable bonds is 6. The second kappa shape index (κ2) is 7.73. The highest BCUT2D eigenvalue weighted by Crippen LogP contribution is 2.27. The molecule has 0 saturated carbocycles. The van der Waals surface area contributed by atoms with Crippen LogP contribution in [0.2, 0.25) is 0 Å². The third-order valence-electron chi connectivity index (χ3n) is 3.21. The van der Waals surface area contributed by atoms with Crippen LogP contribution in [0.3, 0.4) is 0 Å². The number of hydrogen-bond donors (Lipinski definition) is 1. The van der Waals surface area contributed by atoms with Gasteiger partial charge in [-0.25, -0.2) is 9.59 Å². The van der Waals surface area contributed by atoms with Gasteiger partial charge in [-0.15, -0.1) is 11.3 Å². The molecule has 0 saturated heterocycles. The van der Waals surface area contributed by atoms with Crippen LogP contribution in [0.4, 0.5) is 4.79 Å². The van der Waals surface area contributed by atoms with Gasteiger partial charge in [0.2, 0.25) is 0 Å². The summed E-state index contributed by atoms with van der Waals surface area (Å²) in [5.41, 5.74) is 2.38. The van der Waals surface area contributed by atoms with E-state index < -0.39 is 18.1 Å². The molecule has 1 atom stereocenters. The van der Waals surface area contributed by atoms with Gasteiger partial charge in [-0.3, -0.25) is 9.88 Å². The Bertz CT molecular complexity index is 643. The van der Waals surface area contributed by atoms with E-state index >= 15 is 0 Å². The van der Waals surface area contributed by atoms with Crippen molar-refractivity contribution in [2.75, 3.05) is 0 Å². The molecule has 2 aromatic rings. The van der Waals surface area contributed by atoms with E-state index in [0.29, 0.717) is 4.88 Å². The predicted octanol–water partition coefficient (Wildman–Crippen LogP) is 3.32. The van der Waals surface area contributed by atoms with Crippen LogP contribution >= 0.6 is 11.3 Å². The van der Waals surface area contributed by atoms with Crippen LogP contribution in [0.15, 0.2) is 42.0 Å². The van der Waals surface area contributed by atoms with E-state index in [1.165, 1.54) is 22.4 Å². The van der Waals surface area contributed by atoms with Gasteiger partial charge in [0.25, 0.3) is 0 Å². The van der Waals surface area contributed by atoms with Crippen molar-refractivity contribution in [2.45, 2.75) is 32.5 Å². The number of amides is 1. The first-order valence-electron chi connectivity index (χ1n) is 7.11. The van der Waals surface area contributed by atoms with Crippen LogP contribution in [0, 0.1) is 0 Å². The van der Waals surface area contributed by atoms with Crippen molar-refractivity contribution in [1.82, 2.24) is 9.88 Å². The standard InChI is InChI=1S/C16H18N2O4S/c1-11(2)18(14(15(19)20)13-8-17-10-23-13)16(21)22-9-12-6-4-3-5-7-12/h3-8,10-11,14H,9H2,1-2H3,(H,19,20). The summed E-state index contributed by atoms with van der Waals surface area (Å²) in [5, 5.41) is 9.53. The van der Waals surface area contributed by atoms with E-state index in [1.807, 2.05) is 30.3 Å². The Morgan fingerprint density at radius 3 is 2.52 bits per heavy atom. The minimum absolute atomic E-state index is 0.0952. The first-order valence-corrected chi connectivity index (χ1v) is 7.99. The number of benzene rings is 1. The first-order chi connectivity index (χ1) is 11.0. The zero-order chi connectivity index (χ0) is 16.8. The van der Waals surface area contributed by atoms with Crippen molar-refractivity contribution in [3.8, 4) is 0 Å². The van der Waals surface area contributed by atoms with Crippen LogP contribution < -0.4 is 0 Å². The SMILES string of the molecule is CC(C)N(C(=O)OCc1ccccc1)C(C(=O)O)c1cncs1. The summed E-state index contributed by atoms with van der Waals surface area (Å²) in [6.45, 7) is 3.60. The highest BCUT2D eigenvalue weighted by atomic mass is 32.1. The summed E-state index contributed by atoms with van der Waals surface area (Å²) >= 11 is 1.20. The minimum atomic E-state index is -1.11. The highest BCUT2D eigenvalue weighted by molar-refractivity contribution is 7.09. The molecule has 2 rings (SSSR count). The quantitative estimate of drug-likeness (QED) is 0.876. The van der Waals surface area contributed by atoms with Crippen molar-refractivity contribution in [3.63, 3.8) is 0 Å². The zero-order valence-electron chi connectivity index (χ0n) is 12.9. The average Bonchev–Trinajstić information content (AvgIpc) is 3.04. The summed E-state index contributed by atoms with van der Waals surface area (Å²) in [5.74, 6) is -1.11. The van der Waals surface area contributed by atoms with Crippen molar-refractivity contribution < 1.29 is 19.4 Å². The Balaban J connectivity index is 2.16. The van der Waals surface area contributed by atoms with Gasteiger partial charge >= 0.3 is 12.1 Å². The molecule has 1 unspecified atom stereocenters. The third kappa shape index (κ3) is 4.29. The smallest absolute Gasteiger partial charge is 0.411 e. The molecule has 1 heterocycles. The predicted molar refractivity (Wildman–Crippen MR) is 86.1 cm³/mol. The molecule has 122 valence electrons. The minimum Gasteiger partial charge on any atom is -0.479 e. The highest BCUT2D eigenvalue weighted by Gasteiger charge is 2.35. The molecule has 1 N–H and O–H groups in total. The Labute approximate surface area is 138 Å². The molecule has 1 aromatic heterocycles. The Morgan fingerprint density at radius 2 is 2.00 bits per heavy atom. The van der Waals surface area contributed by atoms with Crippen LogP contribution in [0.1, 0.15) is 30.3 Å². The lowest BCUT2D eigenvalue weighted by Gasteiger charge is -2.30. The molecule has 1 aromatic carbocycles. The number of hydrogen-bond acceptors (Lipinski definition) is 5. The monoisotopic (exact) mass is 334 g/mol. The molecule has 0 aliphatic heterocycles. The van der Waals surface area contributed by atoms with Crippen molar-refractivity contribution in [2.24, 2.45) is 0 Å². The average molecular weight is 334 g/mol. The summed E-state index contributed by atoms with van der Waals surface area (Å²) in [6.07, 6.45) is 0.799. The molecule has 0 aliphatic carbocycles. The second-order valence-electron chi connectivity index (χ2n) is 5.19. The maximum Gasteiger partial charge on any atom is 0.411 e. The van der Waals surface area contributed by atoms with Gasteiger partial charge in [0.15, 0.2) is 6.04 Å². The van der Waals surface area contributed by atoms with E-state index in [0.717, 1.165) is 5.56 Å². The number of carboxylic acids is 1. The summed E-state index contributed by atoms with van der Waals surface area (Å²) in [4.78, 5) is 29.7. The maximum absolute atomic E-state index is 12.4. The van der Waals surface area contributed by atoms with Crippen molar-refractivity contribution in [3.05, 3.63) is 52.5 Å². The van der Waals surface area contributed by atoms with E-state index in [-0.39, 0.29) is 12.6 Å². The lowest BCUT2D eigenvalue weighted by atomic mass is 10.2. The number of nitrogens with zero attached hydrogens (tertiary/aromatic N) is 2. The summed E-state index contributed by atoms with van der Waals surface area (Å²) in [6, 6.07) is 7.81. The largest absolute Gasteiger partial charge is 0.479 e. The number of aliphatic carboxylic acids is 1. The van der Waals surface area contributed by atoms with E-state index in [2.05, 4.69) is 4.98 Å². The van der Waals surface area contributed by atoms with Crippen LogP contribution in [0.5, 0.6) is 0 Å². The molecular formula is C16H18N2O4S. The Kier molecular flexibility index (Phi) is 5.70. The van der Waals surface area contributed by atoms with Crippen molar-refractivity contribution >= 4 is 23.4 Å². The fourth-order valence-corrected chi connectivity index (χ4v) is 2.86. The fourth-order valence-electron chi connectivity index (χ4n) is 2.15. The number of carbonyl (C=O) groups is 2. The van der Waals surface area contributed by atoms with Crippen molar-refractivity contribution in [1.29, 1.82) is 0 Å². The van der Waals surface area contributed by atoms with Gasteiger partial charge in [0.1, 0.15) is 6.61 Å². The van der Waals surface area contributed by atoms with Gasteiger partial charge in [0.05, 0.1) is 10.4 Å². The third-order valence-corrected chi connectivity index (χ3v) is 4.03. The molecular weight excluding hydrogens is 316 g/mol. The number of carbonyl (C=O) groups excluding carboxylic acids is 1. The number of aromatic nitrogens is 1.